The van der Waals surface area contributed by atoms with Crippen molar-refractivity contribution in [3.05, 3.63) is 0 Å². The normalized spacial score (nSPS) is 15.4. The maximum absolute atomic E-state index is 11.9. The first-order valence-corrected chi connectivity index (χ1v) is 18.8. The largest absolute Gasteiger partial charge is 0.466 e. The van der Waals surface area contributed by atoms with Crippen molar-refractivity contribution >= 4 is 14.6 Å². The van der Waals surface area contributed by atoms with Crippen LogP contribution in [0.1, 0.15) is 116 Å². The Hall–Kier alpha value is -0.500. The highest BCUT2D eigenvalue weighted by Crippen LogP contribution is 2.32. The van der Waals surface area contributed by atoms with E-state index in [1.54, 1.807) is 0 Å². The zero-order valence-corrected chi connectivity index (χ0v) is 30.0. The fourth-order valence-electron chi connectivity index (χ4n) is 4.88. The van der Waals surface area contributed by atoms with Crippen LogP contribution < -0.4 is 0 Å². The van der Waals surface area contributed by atoms with Gasteiger partial charge in [0.1, 0.15) is 44.1 Å². The third kappa shape index (κ3) is 26.5. The third-order valence-electron chi connectivity index (χ3n) is 8.16. The smallest absolute Gasteiger partial charge is 0.330 e. The number of ether oxygens (including phenoxy) is 2. The summed E-state index contributed by atoms with van der Waals surface area (Å²) >= 11 is 0. The lowest BCUT2D eigenvalue weighted by molar-refractivity contribution is -0.890. The summed E-state index contributed by atoms with van der Waals surface area (Å²) in [6, 6.07) is 0. The quantitative estimate of drug-likeness (QED) is 0.0250. The zero-order valence-electron chi connectivity index (χ0n) is 29.1. The number of hydrogen-bond donors (Lipinski definition) is 6. The Morgan fingerprint density at radius 3 is 1.67 bits per heavy atom. The van der Waals surface area contributed by atoms with Gasteiger partial charge in [-0.05, 0) is 6.42 Å². The van der Waals surface area contributed by atoms with E-state index in [0.717, 1.165) is 12.8 Å². The van der Waals surface area contributed by atoms with Crippen LogP contribution in [-0.4, -0.2) is 132 Å². The first-order chi connectivity index (χ1) is 22.1. The summed E-state index contributed by atoms with van der Waals surface area (Å²) in [4.78, 5) is 21.9. The molecule has 0 spiro atoms. The second-order valence-electron chi connectivity index (χ2n) is 12.9. The van der Waals surface area contributed by atoms with E-state index in [0.29, 0.717) is 30.4 Å². The molecule has 0 aliphatic carbocycles. The monoisotopic (exact) mass is 686 g/mol. The van der Waals surface area contributed by atoms with Crippen LogP contribution in [0.3, 0.4) is 0 Å². The summed E-state index contributed by atoms with van der Waals surface area (Å²) in [5.74, 6) is -0.195. The van der Waals surface area contributed by atoms with E-state index in [4.69, 9.17) is 23.6 Å². The molecule has 5 atom stereocenters. The van der Waals surface area contributed by atoms with Crippen LogP contribution in [0.25, 0.3) is 0 Å². The number of unbranched alkanes of at least 4 members (excludes halogenated alkanes) is 14. The fourth-order valence-corrected chi connectivity index (χ4v) is 5.48. The highest BCUT2D eigenvalue weighted by Gasteiger charge is 2.32. The van der Waals surface area contributed by atoms with Crippen molar-refractivity contribution in [2.75, 3.05) is 66.8 Å². The topological polar surface area (TPSA) is 175 Å². The van der Waals surface area contributed by atoms with Crippen LogP contribution in [-0.2, 0) is 23.3 Å². The van der Waals surface area contributed by atoms with E-state index in [1.165, 1.54) is 83.5 Å². The van der Waals surface area contributed by atoms with E-state index in [9.17, 15) is 30.1 Å². The molecule has 5 unspecified atom stereocenters. The lowest BCUT2D eigenvalue weighted by Crippen LogP contribution is -2.50. The third-order valence-corrected chi connectivity index (χ3v) is 8.96. The molecule has 0 aliphatic heterocycles. The molecule has 0 aromatic carbocycles. The molecule has 0 saturated carbocycles. The van der Waals surface area contributed by atoms with E-state index >= 15 is 0 Å². The Labute approximate surface area is 280 Å². The zero-order chi connectivity index (χ0) is 34.5. The number of carbonyl (C=O) groups is 1. The lowest BCUT2D eigenvalue weighted by atomic mass is 10.0. The van der Waals surface area contributed by atoms with Gasteiger partial charge >= 0.3 is 14.6 Å². The Balaban J connectivity index is 3.70. The number of nitrogens with zero attached hydrogens (tertiary/aromatic N) is 1. The van der Waals surface area contributed by atoms with Gasteiger partial charge in [0.25, 0.3) is 0 Å². The SMILES string of the molecule is CCCCCCCCCCCCCCCCCC(=O)OCCCOP(O)OCC[N+](C)(C)CCOC(CO)C(O)C(O)C(O)CO. The second kappa shape index (κ2) is 30.6. The molecule has 0 aromatic heterocycles. The van der Waals surface area contributed by atoms with Gasteiger partial charge in [-0.3, -0.25) is 4.79 Å². The van der Waals surface area contributed by atoms with Gasteiger partial charge in [-0.1, -0.05) is 96.8 Å². The molecule has 13 heteroatoms. The van der Waals surface area contributed by atoms with Gasteiger partial charge in [0, 0.05) is 12.8 Å². The molecule has 12 nitrogen and oxygen atoms in total. The number of esters is 1. The second-order valence-corrected chi connectivity index (χ2v) is 13.9. The number of hydrogen-bond acceptors (Lipinski definition) is 11. The summed E-state index contributed by atoms with van der Waals surface area (Å²) in [7, 11) is 1.76. The molecule has 0 bridgehead atoms. The molecular formula is C33H69NO11P+. The summed E-state index contributed by atoms with van der Waals surface area (Å²) in [6.45, 7) is 2.75. The van der Waals surface area contributed by atoms with Crippen molar-refractivity contribution in [3.8, 4) is 0 Å². The molecule has 0 amide bonds. The first kappa shape index (κ1) is 45.5. The van der Waals surface area contributed by atoms with Crippen molar-refractivity contribution in [2.24, 2.45) is 0 Å². The van der Waals surface area contributed by atoms with Crippen molar-refractivity contribution in [1.29, 1.82) is 0 Å². The molecule has 6 N–H and O–H groups in total. The standard InChI is InChI=1S/C33H69NO11P/c1-4-5-6-7-8-9-10-11-12-13-14-15-16-17-18-20-31(38)43-23-19-24-44-46(41)45-26-22-34(2,3)21-25-42-30(28-36)33(40)32(39)29(37)27-35/h29-30,32-33,35-37,39-41H,4-28H2,1-3H3/q+1. The van der Waals surface area contributed by atoms with Crippen LogP contribution in [0.5, 0.6) is 0 Å². The summed E-state index contributed by atoms with van der Waals surface area (Å²) < 4.78 is 21.8. The van der Waals surface area contributed by atoms with Crippen molar-refractivity contribution < 1.29 is 58.2 Å². The minimum absolute atomic E-state index is 0.139. The van der Waals surface area contributed by atoms with E-state index in [1.807, 2.05) is 14.1 Å². The maximum atomic E-state index is 11.9. The Kier molecular flexibility index (Phi) is 30.2. The highest BCUT2D eigenvalue weighted by atomic mass is 31.2. The predicted molar refractivity (Wildman–Crippen MR) is 180 cm³/mol. The Bertz CT molecular complexity index is 692. The molecule has 0 heterocycles. The molecule has 46 heavy (non-hydrogen) atoms. The minimum atomic E-state index is -2.06. The van der Waals surface area contributed by atoms with Gasteiger partial charge in [0.05, 0.1) is 47.1 Å². The van der Waals surface area contributed by atoms with E-state index < -0.39 is 46.2 Å². The van der Waals surface area contributed by atoms with Crippen LogP contribution in [0, 0.1) is 0 Å². The number of aliphatic hydroxyl groups excluding tert-OH is 5. The molecule has 0 aliphatic rings. The number of rotatable bonds is 34. The van der Waals surface area contributed by atoms with Crippen molar-refractivity contribution in [2.45, 2.75) is 140 Å². The van der Waals surface area contributed by atoms with E-state index in [-0.39, 0.29) is 32.4 Å². The van der Waals surface area contributed by atoms with Crippen LogP contribution in [0.15, 0.2) is 0 Å². The van der Waals surface area contributed by atoms with Gasteiger partial charge in [-0.2, -0.15) is 0 Å². The van der Waals surface area contributed by atoms with Crippen molar-refractivity contribution in [1.82, 2.24) is 0 Å². The fraction of sp³-hybridized carbons (Fsp3) is 0.970. The Morgan fingerprint density at radius 2 is 1.15 bits per heavy atom. The summed E-state index contributed by atoms with van der Waals surface area (Å²) in [6.07, 6.45) is 14.3. The van der Waals surface area contributed by atoms with Gasteiger partial charge in [0.15, 0.2) is 0 Å². The summed E-state index contributed by atoms with van der Waals surface area (Å²) in [5, 5.41) is 47.7. The molecule has 0 saturated heterocycles. The highest BCUT2D eigenvalue weighted by molar-refractivity contribution is 7.40. The number of likely N-dealkylation sites (N-methyl/N-ethyl adjacent to an activating group) is 1. The van der Waals surface area contributed by atoms with Crippen LogP contribution in [0.2, 0.25) is 0 Å². The number of carbonyl (C=O) groups excluding carboxylic acids is 1. The van der Waals surface area contributed by atoms with Gasteiger partial charge in [-0.25, -0.2) is 0 Å². The molecule has 0 radical (unpaired) electrons. The average molecular weight is 687 g/mol. The van der Waals surface area contributed by atoms with Crippen LogP contribution in [0.4, 0.5) is 0 Å². The molecule has 276 valence electrons. The van der Waals surface area contributed by atoms with Gasteiger partial charge in [-0.15, -0.1) is 0 Å². The van der Waals surface area contributed by atoms with Crippen LogP contribution >= 0.6 is 8.60 Å². The van der Waals surface area contributed by atoms with Gasteiger partial charge in [0.2, 0.25) is 0 Å². The Morgan fingerprint density at radius 1 is 0.652 bits per heavy atom. The molecule has 0 rings (SSSR count). The molecular weight excluding hydrogens is 617 g/mol. The maximum Gasteiger partial charge on any atom is 0.330 e. The summed E-state index contributed by atoms with van der Waals surface area (Å²) in [5.41, 5.74) is 0. The number of aliphatic hydroxyl groups is 5. The van der Waals surface area contributed by atoms with E-state index in [2.05, 4.69) is 6.92 Å². The number of quaternary nitrogens is 1. The average Bonchev–Trinajstić information content (AvgIpc) is 3.03. The molecule has 0 aromatic rings. The first-order valence-electron chi connectivity index (χ1n) is 17.7. The predicted octanol–water partition coefficient (Wildman–Crippen LogP) is 3.96. The molecule has 0 fully saturated rings. The van der Waals surface area contributed by atoms with Gasteiger partial charge < -0.3 is 53.4 Å². The minimum Gasteiger partial charge on any atom is -0.466 e. The lowest BCUT2D eigenvalue weighted by Gasteiger charge is -2.32. The van der Waals surface area contributed by atoms with Crippen molar-refractivity contribution in [3.63, 3.8) is 0 Å².